The van der Waals surface area contributed by atoms with E-state index in [-0.39, 0.29) is 17.3 Å². The Morgan fingerprint density at radius 2 is 2.10 bits per heavy atom. The van der Waals surface area contributed by atoms with Gasteiger partial charge in [0.25, 0.3) is 5.69 Å². The number of amides is 1. The van der Waals surface area contributed by atoms with Crippen molar-refractivity contribution in [1.82, 2.24) is 4.98 Å². The third-order valence-electron chi connectivity index (χ3n) is 5.33. The molecule has 150 valence electrons. The average molecular weight is 396 g/mol. The van der Waals surface area contributed by atoms with Gasteiger partial charge in [-0.2, -0.15) is 0 Å². The first-order valence-corrected chi connectivity index (χ1v) is 9.50. The zero-order chi connectivity index (χ0) is 20.5. The first-order valence-electron chi connectivity index (χ1n) is 9.50. The molecule has 1 aliphatic rings. The van der Waals surface area contributed by atoms with Crippen LogP contribution in [0.1, 0.15) is 31.4 Å². The molecule has 0 saturated carbocycles. The number of fused-ring (bicyclic) bond motifs is 1. The maximum atomic E-state index is 14.7. The maximum Gasteiger partial charge on any atom is 0.295 e. The Bertz CT molecular complexity index is 1060. The lowest BCUT2D eigenvalue weighted by atomic mass is 9.94. The standard InChI is InChI=1S/C21H21FN4O3/c1-13(27)23-19-11-20(16(22)10-21(19)26(28)29)25-8-4-6-15(12-25)18-9-14-5-2-3-7-17(14)24-18/h2-3,5,7,9-11,15,24H,4,6,8,12H2,1H3,(H,23,27)/t15-/m0/s1. The number of nitrogens with zero attached hydrogens (tertiary/aromatic N) is 2. The quantitative estimate of drug-likeness (QED) is 0.500. The fourth-order valence-electron chi connectivity index (χ4n) is 4.00. The monoisotopic (exact) mass is 396 g/mol. The number of carbonyl (C=O) groups is 1. The van der Waals surface area contributed by atoms with Gasteiger partial charge in [0.15, 0.2) is 5.82 Å². The molecule has 8 heteroatoms. The fourth-order valence-corrected chi connectivity index (χ4v) is 4.00. The highest BCUT2D eigenvalue weighted by Crippen LogP contribution is 2.36. The minimum absolute atomic E-state index is 0.00614. The minimum Gasteiger partial charge on any atom is -0.368 e. The van der Waals surface area contributed by atoms with E-state index in [1.54, 1.807) is 0 Å². The normalized spacial score (nSPS) is 16.8. The van der Waals surface area contributed by atoms with Crippen molar-refractivity contribution in [3.05, 3.63) is 64.1 Å². The van der Waals surface area contributed by atoms with E-state index >= 15 is 0 Å². The topological polar surface area (TPSA) is 91.3 Å². The SMILES string of the molecule is CC(=O)Nc1cc(N2CCC[C@H](c3cc4ccccc4[nH]3)C2)c(F)cc1[N+](=O)[O-]. The van der Waals surface area contributed by atoms with Crippen LogP contribution in [0.5, 0.6) is 0 Å². The van der Waals surface area contributed by atoms with Crippen LogP contribution in [0.4, 0.5) is 21.5 Å². The molecule has 1 fully saturated rings. The first kappa shape index (κ1) is 18.9. The first-order chi connectivity index (χ1) is 13.9. The van der Waals surface area contributed by atoms with Gasteiger partial charge >= 0.3 is 0 Å². The number of hydrogen-bond acceptors (Lipinski definition) is 4. The predicted octanol–water partition coefficient (Wildman–Crippen LogP) is 4.56. The molecule has 0 radical (unpaired) electrons. The second kappa shape index (κ2) is 7.54. The largest absolute Gasteiger partial charge is 0.368 e. The summed E-state index contributed by atoms with van der Waals surface area (Å²) in [5.74, 6) is -0.918. The molecule has 29 heavy (non-hydrogen) atoms. The highest BCUT2D eigenvalue weighted by molar-refractivity contribution is 5.92. The van der Waals surface area contributed by atoms with Crippen LogP contribution < -0.4 is 10.2 Å². The van der Waals surface area contributed by atoms with E-state index in [2.05, 4.69) is 16.4 Å². The molecule has 1 aliphatic heterocycles. The highest BCUT2D eigenvalue weighted by Gasteiger charge is 2.27. The van der Waals surface area contributed by atoms with Gasteiger partial charge in [-0.3, -0.25) is 14.9 Å². The van der Waals surface area contributed by atoms with Gasteiger partial charge in [0.1, 0.15) is 5.69 Å². The van der Waals surface area contributed by atoms with Crippen LogP contribution in [0.15, 0.2) is 42.5 Å². The number of aromatic nitrogens is 1. The second-order valence-electron chi connectivity index (χ2n) is 7.36. The summed E-state index contributed by atoms with van der Waals surface area (Å²) < 4.78 is 14.7. The molecule has 7 nitrogen and oxygen atoms in total. The van der Waals surface area contributed by atoms with Crippen molar-refractivity contribution in [1.29, 1.82) is 0 Å². The zero-order valence-electron chi connectivity index (χ0n) is 15.9. The van der Waals surface area contributed by atoms with Crippen molar-refractivity contribution in [3.8, 4) is 0 Å². The molecule has 0 spiro atoms. The molecule has 0 aliphatic carbocycles. The Balaban J connectivity index is 1.65. The number of nitro benzene ring substituents is 1. The van der Waals surface area contributed by atoms with Crippen molar-refractivity contribution in [3.63, 3.8) is 0 Å². The van der Waals surface area contributed by atoms with E-state index in [0.29, 0.717) is 13.1 Å². The number of hydrogen-bond donors (Lipinski definition) is 2. The van der Waals surface area contributed by atoms with Crippen LogP contribution in [0.25, 0.3) is 10.9 Å². The van der Waals surface area contributed by atoms with E-state index in [1.165, 1.54) is 13.0 Å². The summed E-state index contributed by atoms with van der Waals surface area (Å²) in [7, 11) is 0. The van der Waals surface area contributed by atoms with E-state index in [4.69, 9.17) is 0 Å². The van der Waals surface area contributed by atoms with Gasteiger partial charge in [-0.25, -0.2) is 4.39 Å². The lowest BCUT2D eigenvalue weighted by Crippen LogP contribution is -2.35. The summed E-state index contributed by atoms with van der Waals surface area (Å²) in [6.45, 7) is 2.49. The number of H-pyrrole nitrogens is 1. The van der Waals surface area contributed by atoms with Crippen LogP contribution in [-0.4, -0.2) is 28.9 Å². The number of nitrogens with one attached hydrogen (secondary N) is 2. The van der Waals surface area contributed by atoms with Crippen molar-refractivity contribution >= 4 is 33.9 Å². The van der Waals surface area contributed by atoms with E-state index in [0.717, 1.165) is 35.5 Å². The number of halogens is 1. The van der Waals surface area contributed by atoms with Gasteiger partial charge in [-0.15, -0.1) is 0 Å². The highest BCUT2D eigenvalue weighted by atomic mass is 19.1. The Morgan fingerprint density at radius 3 is 2.83 bits per heavy atom. The smallest absolute Gasteiger partial charge is 0.295 e. The summed E-state index contributed by atoms with van der Waals surface area (Å²) in [6.07, 6.45) is 1.84. The molecule has 4 rings (SSSR count). The molecule has 1 saturated heterocycles. The number of carbonyl (C=O) groups excluding carboxylic acids is 1. The Labute approximate surface area is 166 Å². The summed E-state index contributed by atoms with van der Waals surface area (Å²) >= 11 is 0. The van der Waals surface area contributed by atoms with Crippen molar-refractivity contribution in [2.45, 2.75) is 25.7 Å². The molecule has 0 bridgehead atoms. The number of anilines is 2. The van der Waals surface area contributed by atoms with Crippen molar-refractivity contribution in [2.75, 3.05) is 23.3 Å². The van der Waals surface area contributed by atoms with Crippen LogP contribution in [0.2, 0.25) is 0 Å². The maximum absolute atomic E-state index is 14.7. The summed E-state index contributed by atoms with van der Waals surface area (Å²) in [5.41, 5.74) is 1.98. The average Bonchev–Trinajstić information content (AvgIpc) is 3.13. The van der Waals surface area contributed by atoms with Crippen LogP contribution >= 0.6 is 0 Å². The number of para-hydroxylation sites is 1. The molecule has 2 heterocycles. The van der Waals surface area contributed by atoms with E-state index in [1.807, 2.05) is 29.2 Å². The molecule has 2 aromatic carbocycles. The van der Waals surface area contributed by atoms with Crippen molar-refractivity contribution in [2.24, 2.45) is 0 Å². The third-order valence-corrected chi connectivity index (χ3v) is 5.33. The molecule has 0 unspecified atom stereocenters. The fraction of sp³-hybridized carbons (Fsp3) is 0.286. The van der Waals surface area contributed by atoms with Gasteiger partial charge in [-0.1, -0.05) is 18.2 Å². The lowest BCUT2D eigenvalue weighted by Gasteiger charge is -2.34. The molecule has 1 amide bonds. The Morgan fingerprint density at radius 1 is 1.31 bits per heavy atom. The zero-order valence-corrected chi connectivity index (χ0v) is 15.9. The van der Waals surface area contributed by atoms with Crippen LogP contribution in [0.3, 0.4) is 0 Å². The number of benzene rings is 2. The van der Waals surface area contributed by atoms with Gasteiger partial charge in [0.05, 0.1) is 16.7 Å². The van der Waals surface area contributed by atoms with Gasteiger partial charge in [-0.05, 0) is 36.4 Å². The predicted molar refractivity (Wildman–Crippen MR) is 110 cm³/mol. The molecule has 2 N–H and O–H groups in total. The second-order valence-corrected chi connectivity index (χ2v) is 7.36. The third kappa shape index (κ3) is 3.78. The molecular weight excluding hydrogens is 375 g/mol. The van der Waals surface area contributed by atoms with Gasteiger partial charge in [0, 0.05) is 37.1 Å². The molecule has 1 atom stereocenters. The minimum atomic E-state index is -0.693. The van der Waals surface area contributed by atoms with Gasteiger partial charge < -0.3 is 15.2 Å². The van der Waals surface area contributed by atoms with Gasteiger partial charge in [0.2, 0.25) is 5.91 Å². The number of nitro groups is 1. The number of piperidine rings is 1. The molecule has 1 aromatic heterocycles. The number of aromatic amines is 1. The summed E-state index contributed by atoms with van der Waals surface area (Å²) in [6, 6.07) is 12.4. The summed E-state index contributed by atoms with van der Waals surface area (Å²) in [5, 5.41) is 14.8. The lowest BCUT2D eigenvalue weighted by molar-refractivity contribution is -0.384. The summed E-state index contributed by atoms with van der Waals surface area (Å²) in [4.78, 5) is 27.3. The van der Waals surface area contributed by atoms with E-state index in [9.17, 15) is 19.3 Å². The molecule has 3 aromatic rings. The Hall–Kier alpha value is -3.42. The Kier molecular flexibility index (Phi) is 4.92. The van der Waals surface area contributed by atoms with E-state index < -0.39 is 22.3 Å². The molecular formula is C21H21FN4O3. The number of rotatable bonds is 4. The van der Waals surface area contributed by atoms with Crippen LogP contribution in [0, 0.1) is 15.9 Å². The van der Waals surface area contributed by atoms with Crippen molar-refractivity contribution < 1.29 is 14.1 Å². The van der Waals surface area contributed by atoms with Crippen LogP contribution in [-0.2, 0) is 4.79 Å².